The van der Waals surface area contributed by atoms with Crippen LogP contribution in [-0.4, -0.2) is 45.2 Å². The number of methoxy groups -OCH3 is 1. The molecule has 1 aliphatic rings. The monoisotopic (exact) mass is 618 g/mol. The van der Waals surface area contributed by atoms with Gasteiger partial charge in [-0.25, -0.2) is 0 Å². The number of ether oxygens (including phenoxy) is 3. The number of hydrogen-bond donors (Lipinski definition) is 0. The summed E-state index contributed by atoms with van der Waals surface area (Å²) in [5.41, 5.74) is 3.98. The van der Waals surface area contributed by atoms with Crippen LogP contribution in [-0.2, 0) is 13.2 Å². The lowest BCUT2D eigenvalue weighted by Crippen LogP contribution is -2.32. The van der Waals surface area contributed by atoms with Crippen molar-refractivity contribution in [3.05, 3.63) is 118 Å². The molecule has 0 N–H and O–H groups in total. The number of likely N-dealkylation sites (tertiary alicyclic amines) is 1. The first-order valence-corrected chi connectivity index (χ1v) is 16.2. The van der Waals surface area contributed by atoms with Crippen LogP contribution in [0.5, 0.6) is 17.2 Å². The second kappa shape index (κ2) is 15.0. The molecule has 1 aliphatic heterocycles. The lowest BCUT2D eigenvalue weighted by atomic mass is 10.1. The maximum atomic E-state index is 13.7. The summed E-state index contributed by atoms with van der Waals surface area (Å²) < 4.78 is 24.8. The van der Waals surface area contributed by atoms with Crippen LogP contribution < -0.4 is 24.5 Å². The Bertz CT molecular complexity index is 1760. The van der Waals surface area contributed by atoms with Crippen molar-refractivity contribution in [2.45, 2.75) is 38.9 Å². The van der Waals surface area contributed by atoms with E-state index >= 15 is 0 Å². The Morgan fingerprint density at radius 3 is 2.04 bits per heavy atom. The van der Waals surface area contributed by atoms with E-state index in [-0.39, 0.29) is 17.6 Å². The highest BCUT2D eigenvalue weighted by atomic mass is 16.5. The van der Waals surface area contributed by atoms with Crippen molar-refractivity contribution in [1.82, 2.24) is 4.90 Å². The Balaban J connectivity index is 1.28. The zero-order valence-corrected chi connectivity index (χ0v) is 26.7. The molecule has 1 fully saturated rings. The smallest absolute Gasteiger partial charge is 0.205 e. The number of nitrogens with zero attached hydrogens (tertiary/aromatic N) is 2. The van der Waals surface area contributed by atoms with Gasteiger partial charge in [-0.1, -0.05) is 67.1 Å². The van der Waals surface area contributed by atoms with Crippen molar-refractivity contribution in [3.63, 3.8) is 0 Å². The predicted octanol–water partition coefficient (Wildman–Crippen LogP) is 7.94. The summed E-state index contributed by atoms with van der Waals surface area (Å²) in [5, 5.41) is 0.314. The molecule has 0 saturated carbocycles. The minimum atomic E-state index is -0.217. The zero-order chi connectivity index (χ0) is 31.7. The topological polar surface area (TPSA) is 64.4 Å². The van der Waals surface area contributed by atoms with E-state index in [0.717, 1.165) is 41.9 Å². The minimum Gasteiger partial charge on any atom is -0.490 e. The Hall–Kier alpha value is -4.75. The van der Waals surface area contributed by atoms with E-state index in [4.69, 9.17) is 18.6 Å². The number of benzene rings is 4. The highest BCUT2D eigenvalue weighted by Gasteiger charge is 2.22. The van der Waals surface area contributed by atoms with Crippen LogP contribution in [0.2, 0.25) is 0 Å². The largest absolute Gasteiger partial charge is 0.490 e. The molecule has 238 valence electrons. The van der Waals surface area contributed by atoms with Crippen LogP contribution in [0.4, 0.5) is 5.69 Å². The molecule has 0 spiro atoms. The first kappa shape index (κ1) is 31.2. The molecule has 0 radical (unpaired) electrons. The van der Waals surface area contributed by atoms with E-state index < -0.39 is 0 Å². The summed E-state index contributed by atoms with van der Waals surface area (Å²) in [7, 11) is 3.68. The van der Waals surface area contributed by atoms with Gasteiger partial charge in [0.15, 0.2) is 16.8 Å². The Labute approximate surface area is 270 Å². The van der Waals surface area contributed by atoms with Crippen molar-refractivity contribution in [3.8, 4) is 28.6 Å². The van der Waals surface area contributed by atoms with Crippen molar-refractivity contribution < 1.29 is 18.6 Å². The Kier molecular flexibility index (Phi) is 10.2. The van der Waals surface area contributed by atoms with Gasteiger partial charge in [0.1, 0.15) is 30.1 Å². The van der Waals surface area contributed by atoms with E-state index in [0.29, 0.717) is 35.0 Å². The first-order chi connectivity index (χ1) is 22.6. The highest BCUT2D eigenvalue weighted by molar-refractivity contribution is 5.92. The standard InChI is InChI=1S/C39H42N2O5/c1-40(21-12-24-41-22-10-5-11-23-41)32-19-17-31(18-20-32)34-25-33(42)37-35(44-27-29-13-6-3-7-14-29)26-36(38(43-2)39(37)46-34)45-28-30-15-8-4-9-16-30/h3-4,6-9,13-20,25-26H,5,10-12,21-24,27-28H2,1-2H3. The summed E-state index contributed by atoms with van der Waals surface area (Å²) >= 11 is 0. The van der Waals surface area contributed by atoms with Gasteiger partial charge in [-0.15, -0.1) is 0 Å². The fraction of sp³-hybridized carbons (Fsp3) is 0.308. The van der Waals surface area contributed by atoms with Gasteiger partial charge in [0.05, 0.1) is 7.11 Å². The Morgan fingerprint density at radius 1 is 0.783 bits per heavy atom. The van der Waals surface area contributed by atoms with Crippen LogP contribution >= 0.6 is 0 Å². The van der Waals surface area contributed by atoms with Crippen LogP contribution in [0.15, 0.2) is 106 Å². The van der Waals surface area contributed by atoms with Gasteiger partial charge < -0.3 is 28.4 Å². The number of anilines is 1. The lowest BCUT2D eigenvalue weighted by molar-refractivity contribution is 0.227. The molecule has 0 bridgehead atoms. The highest BCUT2D eigenvalue weighted by Crippen LogP contribution is 2.42. The van der Waals surface area contributed by atoms with Gasteiger partial charge >= 0.3 is 0 Å². The van der Waals surface area contributed by atoms with Crippen LogP contribution in [0.25, 0.3) is 22.3 Å². The quantitative estimate of drug-likeness (QED) is 0.133. The molecule has 1 saturated heterocycles. The molecule has 7 nitrogen and oxygen atoms in total. The molecule has 0 unspecified atom stereocenters. The summed E-state index contributed by atoms with van der Waals surface area (Å²) in [6.45, 7) is 5.17. The molecular formula is C39H42N2O5. The summed E-state index contributed by atoms with van der Waals surface area (Å²) in [6.07, 6.45) is 5.12. The van der Waals surface area contributed by atoms with Crippen molar-refractivity contribution in [2.24, 2.45) is 0 Å². The van der Waals surface area contributed by atoms with E-state index in [2.05, 4.69) is 29.0 Å². The maximum absolute atomic E-state index is 13.7. The first-order valence-electron chi connectivity index (χ1n) is 16.2. The van der Waals surface area contributed by atoms with Crippen molar-refractivity contribution in [1.29, 1.82) is 0 Å². The van der Waals surface area contributed by atoms with Crippen molar-refractivity contribution >= 4 is 16.7 Å². The maximum Gasteiger partial charge on any atom is 0.205 e. The zero-order valence-electron chi connectivity index (χ0n) is 26.7. The molecule has 0 aliphatic carbocycles. The third-order valence-corrected chi connectivity index (χ3v) is 8.57. The predicted molar refractivity (Wildman–Crippen MR) is 184 cm³/mol. The normalized spacial score (nSPS) is 13.4. The van der Waals surface area contributed by atoms with E-state index in [9.17, 15) is 4.79 Å². The molecular weight excluding hydrogens is 576 g/mol. The van der Waals surface area contributed by atoms with Gasteiger partial charge in [0, 0.05) is 37.0 Å². The average molecular weight is 619 g/mol. The minimum absolute atomic E-state index is 0.217. The van der Waals surface area contributed by atoms with Gasteiger partial charge in [-0.3, -0.25) is 4.79 Å². The van der Waals surface area contributed by atoms with Gasteiger partial charge in [0.2, 0.25) is 5.75 Å². The molecule has 2 heterocycles. The third-order valence-electron chi connectivity index (χ3n) is 8.57. The molecule has 0 atom stereocenters. The molecule has 5 aromatic rings. The number of hydrogen-bond acceptors (Lipinski definition) is 7. The van der Waals surface area contributed by atoms with E-state index in [1.165, 1.54) is 38.4 Å². The van der Waals surface area contributed by atoms with Gasteiger partial charge in [-0.05, 0) is 74.3 Å². The molecule has 1 aromatic heterocycles. The van der Waals surface area contributed by atoms with Crippen molar-refractivity contribution in [2.75, 3.05) is 45.2 Å². The van der Waals surface area contributed by atoms with Crippen LogP contribution in [0.1, 0.15) is 36.8 Å². The average Bonchev–Trinajstić information content (AvgIpc) is 3.10. The fourth-order valence-corrected chi connectivity index (χ4v) is 6.01. The second-order valence-electron chi connectivity index (χ2n) is 11.9. The van der Waals surface area contributed by atoms with Gasteiger partial charge in [0.25, 0.3) is 0 Å². The number of piperidine rings is 1. The summed E-state index contributed by atoms with van der Waals surface area (Å²) in [6, 6.07) is 31.1. The summed E-state index contributed by atoms with van der Waals surface area (Å²) in [5.74, 6) is 1.61. The van der Waals surface area contributed by atoms with Crippen LogP contribution in [0.3, 0.4) is 0 Å². The molecule has 4 aromatic carbocycles. The molecule has 6 rings (SSSR count). The lowest BCUT2D eigenvalue weighted by Gasteiger charge is -2.27. The SMILES string of the molecule is COc1c(OCc2ccccc2)cc(OCc2ccccc2)c2c(=O)cc(-c3ccc(N(C)CCCN4CCCCC4)cc3)oc12. The van der Waals surface area contributed by atoms with E-state index in [1.807, 2.05) is 72.8 Å². The molecule has 46 heavy (non-hydrogen) atoms. The molecule has 7 heteroatoms. The molecule has 0 amide bonds. The second-order valence-corrected chi connectivity index (χ2v) is 11.9. The number of fused-ring (bicyclic) bond motifs is 1. The number of rotatable bonds is 13. The fourth-order valence-electron chi connectivity index (χ4n) is 6.01. The Morgan fingerprint density at radius 2 is 1.41 bits per heavy atom. The van der Waals surface area contributed by atoms with Crippen LogP contribution in [0, 0.1) is 0 Å². The summed E-state index contributed by atoms with van der Waals surface area (Å²) in [4.78, 5) is 18.6. The van der Waals surface area contributed by atoms with E-state index in [1.54, 1.807) is 13.2 Å². The van der Waals surface area contributed by atoms with Gasteiger partial charge in [-0.2, -0.15) is 0 Å². The third kappa shape index (κ3) is 7.54.